The summed E-state index contributed by atoms with van der Waals surface area (Å²) in [4.78, 5) is 14.9. The standard InChI is InChI=1S/C26H33N3O6/c1-3-9-29(10-4-2)20-8-7-17-11-16(5-6-18(17)13-20)12-19(14-27)25(33)28-15-21-22(30)23(31)24(32)26(34)35-21/h5-8,11-13,21-24,26,30-32,34H,3-4,9-10,15H2,1-2H3,(H,28,33)/b19-12+/t21-,22-,23+,24-,26?/m1/s1. The molecule has 3 rings (SSSR count). The van der Waals surface area contributed by atoms with Crippen molar-refractivity contribution < 1.29 is 30.0 Å². The number of nitrogens with one attached hydrogen (secondary N) is 1. The fraction of sp³-hybridized carbons (Fsp3) is 0.462. The molecular formula is C26H33N3O6. The van der Waals surface area contributed by atoms with Gasteiger partial charge in [-0.1, -0.05) is 32.0 Å². The van der Waals surface area contributed by atoms with Crippen molar-refractivity contribution in [3.05, 3.63) is 47.5 Å². The Balaban J connectivity index is 1.72. The van der Waals surface area contributed by atoms with E-state index in [1.807, 2.05) is 30.3 Å². The first-order chi connectivity index (χ1) is 16.8. The number of hydrogen-bond donors (Lipinski definition) is 5. The van der Waals surface area contributed by atoms with Gasteiger partial charge in [0.2, 0.25) is 0 Å². The summed E-state index contributed by atoms with van der Waals surface area (Å²) in [5, 5.41) is 52.9. The number of carbonyl (C=O) groups excluding carboxylic acids is 1. The van der Waals surface area contributed by atoms with E-state index in [4.69, 9.17) is 4.74 Å². The first kappa shape index (κ1) is 26.6. The molecule has 2 aromatic rings. The second kappa shape index (κ2) is 12.1. The fourth-order valence-corrected chi connectivity index (χ4v) is 4.15. The van der Waals surface area contributed by atoms with Crippen molar-refractivity contribution in [1.29, 1.82) is 5.26 Å². The van der Waals surface area contributed by atoms with Gasteiger partial charge in [0.25, 0.3) is 5.91 Å². The lowest BCUT2D eigenvalue weighted by Gasteiger charge is -2.38. The molecule has 0 bridgehead atoms. The van der Waals surface area contributed by atoms with Crippen LogP contribution >= 0.6 is 0 Å². The van der Waals surface area contributed by atoms with E-state index in [9.17, 15) is 30.5 Å². The van der Waals surface area contributed by atoms with E-state index >= 15 is 0 Å². The largest absolute Gasteiger partial charge is 0.388 e. The van der Waals surface area contributed by atoms with Crippen LogP contribution in [0.25, 0.3) is 16.8 Å². The topological polar surface area (TPSA) is 146 Å². The van der Waals surface area contributed by atoms with Crippen LogP contribution < -0.4 is 10.2 Å². The molecule has 1 heterocycles. The Labute approximate surface area is 204 Å². The molecule has 9 heteroatoms. The number of aliphatic hydroxyl groups is 4. The molecule has 5 N–H and O–H groups in total. The van der Waals surface area contributed by atoms with E-state index in [1.54, 1.807) is 0 Å². The lowest BCUT2D eigenvalue weighted by atomic mass is 9.99. The number of anilines is 1. The predicted octanol–water partition coefficient (Wildman–Crippen LogP) is 1.29. The van der Waals surface area contributed by atoms with Crippen molar-refractivity contribution in [3.8, 4) is 6.07 Å². The third-order valence-corrected chi connectivity index (χ3v) is 6.03. The van der Waals surface area contributed by atoms with Gasteiger partial charge in [-0.05, 0) is 53.5 Å². The van der Waals surface area contributed by atoms with Crippen LogP contribution in [0, 0.1) is 11.3 Å². The minimum atomic E-state index is -1.70. The Hall–Kier alpha value is -3.00. The normalized spacial score (nSPS) is 24.7. The van der Waals surface area contributed by atoms with Crippen LogP contribution in [0.3, 0.4) is 0 Å². The summed E-state index contributed by atoms with van der Waals surface area (Å²) in [6.07, 6.45) is -4.05. The summed E-state index contributed by atoms with van der Waals surface area (Å²) in [6, 6.07) is 13.8. The number of ether oxygens (including phenoxy) is 1. The smallest absolute Gasteiger partial charge is 0.262 e. The highest BCUT2D eigenvalue weighted by atomic mass is 16.6. The number of fused-ring (bicyclic) bond motifs is 1. The van der Waals surface area contributed by atoms with Crippen molar-refractivity contribution in [2.24, 2.45) is 0 Å². The Bertz CT molecular complexity index is 1090. The SMILES string of the molecule is CCCN(CCC)c1ccc2cc(/C=C(\C#N)C(=O)NC[C@H]3OC(O)[C@H](O)[C@@H](O)[C@@H]3O)ccc2c1. The van der Waals surface area contributed by atoms with E-state index in [1.165, 1.54) is 6.08 Å². The van der Waals surface area contributed by atoms with E-state index in [0.717, 1.165) is 42.4 Å². The third-order valence-electron chi connectivity index (χ3n) is 6.03. The van der Waals surface area contributed by atoms with Gasteiger partial charge in [0.1, 0.15) is 36.1 Å². The molecule has 0 saturated carbocycles. The molecule has 1 unspecified atom stereocenters. The van der Waals surface area contributed by atoms with Crippen molar-refractivity contribution in [3.63, 3.8) is 0 Å². The van der Waals surface area contributed by atoms with Gasteiger partial charge in [-0.25, -0.2) is 0 Å². The number of hydrogen-bond acceptors (Lipinski definition) is 8. The molecule has 9 nitrogen and oxygen atoms in total. The van der Waals surface area contributed by atoms with Gasteiger partial charge in [-0.15, -0.1) is 0 Å². The number of nitriles is 1. The number of aliphatic hydroxyl groups excluding tert-OH is 4. The summed E-state index contributed by atoms with van der Waals surface area (Å²) >= 11 is 0. The minimum absolute atomic E-state index is 0.149. The summed E-state index contributed by atoms with van der Waals surface area (Å²) in [6.45, 7) is 6.02. The Morgan fingerprint density at radius 2 is 1.69 bits per heavy atom. The molecule has 1 fully saturated rings. The molecular weight excluding hydrogens is 450 g/mol. The second-order valence-corrected chi connectivity index (χ2v) is 8.69. The molecule has 1 amide bonds. The minimum Gasteiger partial charge on any atom is -0.388 e. The Morgan fingerprint density at radius 3 is 2.34 bits per heavy atom. The average Bonchev–Trinajstić information content (AvgIpc) is 2.86. The molecule has 1 saturated heterocycles. The van der Waals surface area contributed by atoms with Gasteiger partial charge < -0.3 is 35.4 Å². The molecule has 1 aliphatic heterocycles. The molecule has 1 aliphatic rings. The maximum Gasteiger partial charge on any atom is 0.262 e. The number of carbonyl (C=O) groups is 1. The first-order valence-corrected chi connectivity index (χ1v) is 11.9. The Morgan fingerprint density at radius 1 is 1.03 bits per heavy atom. The van der Waals surface area contributed by atoms with E-state index < -0.39 is 36.6 Å². The van der Waals surface area contributed by atoms with Gasteiger partial charge >= 0.3 is 0 Å². The molecule has 0 spiro atoms. The van der Waals surface area contributed by atoms with Crippen LogP contribution in [0.2, 0.25) is 0 Å². The zero-order valence-corrected chi connectivity index (χ0v) is 20.0. The molecule has 0 aliphatic carbocycles. The van der Waals surface area contributed by atoms with Gasteiger partial charge in [0.05, 0.1) is 0 Å². The highest BCUT2D eigenvalue weighted by Gasteiger charge is 2.42. The number of benzene rings is 2. The monoisotopic (exact) mass is 483 g/mol. The zero-order valence-electron chi connectivity index (χ0n) is 20.0. The fourth-order valence-electron chi connectivity index (χ4n) is 4.15. The highest BCUT2D eigenvalue weighted by Crippen LogP contribution is 2.25. The van der Waals surface area contributed by atoms with Gasteiger partial charge in [-0.3, -0.25) is 4.79 Å². The van der Waals surface area contributed by atoms with Gasteiger partial charge in [0, 0.05) is 25.3 Å². The lowest BCUT2D eigenvalue weighted by Crippen LogP contribution is -2.60. The van der Waals surface area contributed by atoms with Crippen LogP contribution in [0.5, 0.6) is 0 Å². The summed E-state index contributed by atoms with van der Waals surface area (Å²) in [5.41, 5.74) is 1.69. The molecule has 5 atom stereocenters. The highest BCUT2D eigenvalue weighted by molar-refractivity contribution is 6.02. The predicted molar refractivity (Wildman–Crippen MR) is 132 cm³/mol. The van der Waals surface area contributed by atoms with E-state index in [0.29, 0.717) is 5.56 Å². The molecule has 2 aromatic carbocycles. The third kappa shape index (κ3) is 6.36. The van der Waals surface area contributed by atoms with Crippen molar-refractivity contribution in [2.75, 3.05) is 24.5 Å². The molecule has 0 aromatic heterocycles. The summed E-state index contributed by atoms with van der Waals surface area (Å²) in [5.74, 6) is -0.691. The maximum atomic E-state index is 12.5. The van der Waals surface area contributed by atoms with E-state index in [-0.39, 0.29) is 12.1 Å². The van der Waals surface area contributed by atoms with Crippen LogP contribution in [-0.2, 0) is 9.53 Å². The quantitative estimate of drug-likeness (QED) is 0.265. The zero-order chi connectivity index (χ0) is 25.5. The number of rotatable bonds is 9. The first-order valence-electron chi connectivity index (χ1n) is 11.9. The lowest BCUT2D eigenvalue weighted by molar-refractivity contribution is -0.280. The van der Waals surface area contributed by atoms with Crippen LogP contribution in [0.1, 0.15) is 32.3 Å². The number of amides is 1. The van der Waals surface area contributed by atoms with Gasteiger partial charge in [0.15, 0.2) is 6.29 Å². The van der Waals surface area contributed by atoms with Crippen LogP contribution in [0.15, 0.2) is 42.0 Å². The molecule has 188 valence electrons. The average molecular weight is 484 g/mol. The van der Waals surface area contributed by atoms with Crippen molar-refractivity contribution in [1.82, 2.24) is 5.32 Å². The summed E-state index contributed by atoms with van der Waals surface area (Å²) < 4.78 is 5.04. The Kier molecular flexibility index (Phi) is 9.20. The van der Waals surface area contributed by atoms with Crippen molar-refractivity contribution >= 4 is 28.4 Å². The van der Waals surface area contributed by atoms with Crippen LogP contribution in [-0.4, -0.2) is 76.7 Å². The van der Waals surface area contributed by atoms with E-state index in [2.05, 4.69) is 36.2 Å². The second-order valence-electron chi connectivity index (χ2n) is 8.69. The van der Waals surface area contributed by atoms with Crippen molar-refractivity contribution in [2.45, 2.75) is 57.4 Å². The molecule has 35 heavy (non-hydrogen) atoms. The summed E-state index contributed by atoms with van der Waals surface area (Å²) in [7, 11) is 0. The maximum absolute atomic E-state index is 12.5. The van der Waals surface area contributed by atoms with Crippen LogP contribution in [0.4, 0.5) is 5.69 Å². The van der Waals surface area contributed by atoms with Gasteiger partial charge in [-0.2, -0.15) is 5.26 Å². The molecule has 0 radical (unpaired) electrons. The number of nitrogens with zero attached hydrogens (tertiary/aromatic N) is 2.